The Labute approximate surface area is 123 Å². The number of carbonyl (C=O) groups is 2. The van der Waals surface area contributed by atoms with Crippen LogP contribution in [0.25, 0.3) is 0 Å². The molecule has 0 saturated heterocycles. The molecule has 0 aromatic heterocycles. The highest BCUT2D eigenvalue weighted by molar-refractivity contribution is 6.11. The van der Waals surface area contributed by atoms with Gasteiger partial charge in [0.15, 0.2) is 0 Å². The van der Waals surface area contributed by atoms with E-state index in [4.69, 9.17) is 0 Å². The fraction of sp³-hybridized carbons (Fsp3) is 0.231. The van der Waals surface area contributed by atoms with Crippen LogP contribution in [0.15, 0.2) is 34.5 Å². The average molecular weight is 312 g/mol. The number of hydrazone groups is 2. The van der Waals surface area contributed by atoms with Crippen LogP contribution in [0.4, 0.5) is 13.2 Å². The number of hydrogen-bond acceptors (Lipinski definition) is 4. The minimum absolute atomic E-state index is 0.0219. The molecule has 1 aromatic carbocycles. The van der Waals surface area contributed by atoms with Crippen LogP contribution < -0.4 is 10.9 Å². The number of nitrogens with one attached hydrogen (secondary N) is 2. The molecule has 0 saturated carbocycles. The highest BCUT2D eigenvalue weighted by Crippen LogP contribution is 2.30. The monoisotopic (exact) mass is 312 g/mol. The maximum absolute atomic E-state index is 12.7. The van der Waals surface area contributed by atoms with Crippen molar-refractivity contribution in [2.75, 3.05) is 0 Å². The predicted octanol–water partition coefficient (Wildman–Crippen LogP) is 1.42. The van der Waals surface area contributed by atoms with Crippen molar-refractivity contribution < 1.29 is 22.8 Å². The molecule has 0 fully saturated rings. The number of amides is 2. The van der Waals surface area contributed by atoms with Crippen LogP contribution in [0.5, 0.6) is 0 Å². The van der Waals surface area contributed by atoms with Crippen LogP contribution in [-0.2, 0) is 15.8 Å². The highest BCUT2D eigenvalue weighted by atomic mass is 19.4. The first-order valence-corrected chi connectivity index (χ1v) is 6.18. The second kappa shape index (κ2) is 6.37. The summed E-state index contributed by atoms with van der Waals surface area (Å²) in [4.78, 5) is 22.4. The van der Waals surface area contributed by atoms with E-state index in [1.807, 2.05) is 0 Å². The maximum atomic E-state index is 12.7. The van der Waals surface area contributed by atoms with Gasteiger partial charge in [0.25, 0.3) is 0 Å². The van der Waals surface area contributed by atoms with Crippen molar-refractivity contribution in [3.63, 3.8) is 0 Å². The van der Waals surface area contributed by atoms with Crippen LogP contribution in [0.3, 0.4) is 0 Å². The molecular weight excluding hydrogens is 301 g/mol. The first kappa shape index (κ1) is 15.7. The molecule has 0 atom stereocenters. The molecule has 0 bridgehead atoms. The lowest BCUT2D eigenvalue weighted by Gasteiger charge is -2.09. The van der Waals surface area contributed by atoms with Crippen molar-refractivity contribution in [1.29, 1.82) is 0 Å². The summed E-state index contributed by atoms with van der Waals surface area (Å²) in [7, 11) is 0. The van der Waals surface area contributed by atoms with Crippen LogP contribution in [0.2, 0.25) is 0 Å². The molecule has 2 rings (SSSR count). The number of halogens is 3. The summed E-state index contributed by atoms with van der Waals surface area (Å²) in [6, 6.07) is 4.86. The summed E-state index contributed by atoms with van der Waals surface area (Å²) < 4.78 is 38.2. The van der Waals surface area contributed by atoms with Gasteiger partial charge in [0.2, 0.25) is 11.8 Å². The fourth-order valence-corrected chi connectivity index (χ4v) is 1.77. The number of benzene rings is 1. The Morgan fingerprint density at radius 1 is 1.41 bits per heavy atom. The van der Waals surface area contributed by atoms with Crippen LogP contribution in [0, 0.1) is 0 Å². The van der Waals surface area contributed by atoms with Gasteiger partial charge in [0.1, 0.15) is 0 Å². The van der Waals surface area contributed by atoms with Crippen LogP contribution in [0.1, 0.15) is 24.0 Å². The van der Waals surface area contributed by atoms with Crippen molar-refractivity contribution in [3.8, 4) is 0 Å². The van der Waals surface area contributed by atoms with E-state index < -0.39 is 17.6 Å². The summed E-state index contributed by atoms with van der Waals surface area (Å²) in [5.41, 5.74) is 3.62. The summed E-state index contributed by atoms with van der Waals surface area (Å²) >= 11 is 0. The zero-order chi connectivity index (χ0) is 16.2. The van der Waals surface area contributed by atoms with Gasteiger partial charge in [-0.3, -0.25) is 9.59 Å². The Balaban J connectivity index is 1.96. The minimum Gasteiger partial charge on any atom is -0.273 e. The SMILES string of the molecule is O=C1CC(CC(=O)N/N=C/c2ccccc2C(F)(F)F)=NN1. The lowest BCUT2D eigenvalue weighted by atomic mass is 10.1. The van der Waals surface area contributed by atoms with Crippen molar-refractivity contribution >= 4 is 23.7 Å². The molecule has 0 unspecified atom stereocenters. The van der Waals surface area contributed by atoms with Gasteiger partial charge in [-0.25, -0.2) is 10.9 Å². The molecule has 0 radical (unpaired) electrons. The van der Waals surface area contributed by atoms with E-state index in [9.17, 15) is 22.8 Å². The van der Waals surface area contributed by atoms with E-state index in [0.29, 0.717) is 5.71 Å². The van der Waals surface area contributed by atoms with Gasteiger partial charge >= 0.3 is 6.18 Å². The minimum atomic E-state index is -4.50. The summed E-state index contributed by atoms with van der Waals surface area (Å²) in [5, 5.41) is 7.12. The Bertz CT molecular complexity index is 653. The molecule has 2 amide bonds. The largest absolute Gasteiger partial charge is 0.417 e. The first-order valence-electron chi connectivity index (χ1n) is 6.18. The number of alkyl halides is 3. The smallest absolute Gasteiger partial charge is 0.273 e. The zero-order valence-corrected chi connectivity index (χ0v) is 11.1. The highest BCUT2D eigenvalue weighted by Gasteiger charge is 2.32. The van der Waals surface area contributed by atoms with Gasteiger partial charge in [0, 0.05) is 5.56 Å². The third-order valence-electron chi connectivity index (χ3n) is 2.73. The molecule has 2 N–H and O–H groups in total. The van der Waals surface area contributed by atoms with Gasteiger partial charge in [-0.05, 0) is 6.07 Å². The number of carbonyl (C=O) groups excluding carboxylic acids is 2. The first-order chi connectivity index (χ1) is 10.4. The Morgan fingerprint density at radius 2 is 2.14 bits per heavy atom. The van der Waals surface area contributed by atoms with E-state index in [1.54, 1.807) is 0 Å². The third kappa shape index (κ3) is 4.14. The van der Waals surface area contributed by atoms with Gasteiger partial charge in [-0.2, -0.15) is 23.4 Å². The Morgan fingerprint density at radius 3 is 2.77 bits per heavy atom. The van der Waals surface area contributed by atoms with E-state index in [2.05, 4.69) is 21.1 Å². The van der Waals surface area contributed by atoms with Crippen LogP contribution >= 0.6 is 0 Å². The maximum Gasteiger partial charge on any atom is 0.417 e. The summed E-state index contributed by atoms with van der Waals surface area (Å²) in [6.07, 6.45) is -3.72. The molecule has 22 heavy (non-hydrogen) atoms. The topological polar surface area (TPSA) is 82.9 Å². The molecule has 0 spiro atoms. The van der Waals surface area contributed by atoms with Gasteiger partial charge in [0.05, 0.1) is 30.3 Å². The van der Waals surface area contributed by atoms with E-state index in [-0.39, 0.29) is 24.3 Å². The van der Waals surface area contributed by atoms with Crippen LogP contribution in [-0.4, -0.2) is 23.7 Å². The third-order valence-corrected chi connectivity index (χ3v) is 2.73. The molecule has 1 aliphatic heterocycles. The number of hydrogen-bond donors (Lipinski definition) is 2. The lowest BCUT2D eigenvalue weighted by Crippen LogP contribution is -2.21. The molecule has 6 nitrogen and oxygen atoms in total. The van der Waals surface area contributed by atoms with Crippen molar-refractivity contribution in [2.24, 2.45) is 10.2 Å². The lowest BCUT2D eigenvalue weighted by molar-refractivity contribution is -0.137. The quantitative estimate of drug-likeness (QED) is 0.651. The molecule has 0 aliphatic carbocycles. The molecular formula is C13H11F3N4O2. The van der Waals surface area contributed by atoms with E-state index in [0.717, 1.165) is 12.3 Å². The standard InChI is InChI=1S/C13H11F3N4O2/c14-13(15,16)10-4-2-1-3-8(10)7-17-19-11(21)5-9-6-12(22)20-18-9/h1-4,7H,5-6H2,(H,19,21)(H,20,22)/b17-7+. The normalized spacial score (nSPS) is 14.9. The molecule has 9 heteroatoms. The zero-order valence-electron chi connectivity index (χ0n) is 11.1. The van der Waals surface area contributed by atoms with E-state index >= 15 is 0 Å². The molecule has 1 heterocycles. The van der Waals surface area contributed by atoms with Gasteiger partial charge < -0.3 is 0 Å². The number of nitrogens with zero attached hydrogens (tertiary/aromatic N) is 2. The van der Waals surface area contributed by atoms with Crippen molar-refractivity contribution in [1.82, 2.24) is 10.9 Å². The van der Waals surface area contributed by atoms with E-state index in [1.165, 1.54) is 18.2 Å². The van der Waals surface area contributed by atoms with Crippen molar-refractivity contribution in [3.05, 3.63) is 35.4 Å². The second-order valence-corrected chi connectivity index (χ2v) is 4.44. The Hall–Kier alpha value is -2.71. The fourth-order valence-electron chi connectivity index (χ4n) is 1.77. The Kier molecular flexibility index (Phi) is 4.54. The van der Waals surface area contributed by atoms with Gasteiger partial charge in [-0.15, -0.1) is 0 Å². The molecule has 1 aliphatic rings. The molecule has 116 valence electrons. The molecule has 1 aromatic rings. The van der Waals surface area contributed by atoms with Crippen molar-refractivity contribution in [2.45, 2.75) is 19.0 Å². The summed E-state index contributed by atoms with van der Waals surface area (Å²) in [6.45, 7) is 0. The summed E-state index contributed by atoms with van der Waals surface area (Å²) in [5.74, 6) is -0.888. The second-order valence-electron chi connectivity index (χ2n) is 4.44. The predicted molar refractivity (Wildman–Crippen MR) is 72.0 cm³/mol. The van der Waals surface area contributed by atoms with Gasteiger partial charge in [-0.1, -0.05) is 18.2 Å². The number of rotatable bonds is 4. The average Bonchev–Trinajstić information content (AvgIpc) is 2.83.